The van der Waals surface area contributed by atoms with Gasteiger partial charge in [0.2, 0.25) is 5.88 Å². The van der Waals surface area contributed by atoms with E-state index in [0.29, 0.717) is 12.5 Å². The zero-order valence-electron chi connectivity index (χ0n) is 10.2. The highest BCUT2D eigenvalue weighted by Gasteiger charge is 2.06. The molecule has 1 aromatic heterocycles. The average molecular weight is 221 g/mol. The zero-order chi connectivity index (χ0) is 11.8. The third kappa shape index (κ3) is 3.53. The van der Waals surface area contributed by atoms with Crippen molar-refractivity contribution in [1.29, 1.82) is 0 Å². The lowest BCUT2D eigenvalue weighted by Crippen LogP contribution is -2.06. The minimum atomic E-state index is 0.543. The van der Waals surface area contributed by atoms with Gasteiger partial charge in [-0.15, -0.1) is 0 Å². The van der Waals surface area contributed by atoms with Crippen LogP contribution in [0.3, 0.4) is 0 Å². The van der Waals surface area contributed by atoms with Crippen LogP contribution in [0.5, 0.6) is 5.88 Å². The largest absolute Gasteiger partial charge is 0.473 e. The molecule has 0 spiro atoms. The van der Waals surface area contributed by atoms with Gasteiger partial charge in [-0.1, -0.05) is 19.1 Å². The van der Waals surface area contributed by atoms with Gasteiger partial charge >= 0.3 is 0 Å². The molecule has 0 atom stereocenters. The summed E-state index contributed by atoms with van der Waals surface area (Å²) in [5, 5.41) is 3.24. The van der Waals surface area contributed by atoms with Crippen molar-refractivity contribution in [2.75, 3.05) is 18.5 Å². The van der Waals surface area contributed by atoms with Crippen molar-refractivity contribution in [2.24, 2.45) is 0 Å². The number of ether oxygens (including phenoxy) is 1. The lowest BCUT2D eigenvalue weighted by molar-refractivity contribution is 0.345. The molecule has 0 aliphatic carbocycles. The molecule has 16 heavy (non-hydrogen) atoms. The molecule has 0 unspecified atom stereocenters. The van der Waals surface area contributed by atoms with Crippen molar-refractivity contribution < 1.29 is 4.74 Å². The van der Waals surface area contributed by atoms with Gasteiger partial charge in [0.25, 0.3) is 0 Å². The van der Waals surface area contributed by atoms with Gasteiger partial charge < -0.3 is 10.1 Å². The summed E-state index contributed by atoms with van der Waals surface area (Å²) in [6.07, 6.45) is 6.49. The second-order valence-corrected chi connectivity index (χ2v) is 3.46. The Kier molecular flexibility index (Phi) is 5.32. The molecule has 1 heterocycles. The minimum absolute atomic E-state index is 0.543. The quantitative estimate of drug-likeness (QED) is 0.750. The van der Waals surface area contributed by atoms with Gasteiger partial charge in [-0.25, -0.2) is 9.97 Å². The van der Waals surface area contributed by atoms with Gasteiger partial charge in [0.1, 0.15) is 18.8 Å². The first kappa shape index (κ1) is 12.5. The molecule has 0 fully saturated rings. The van der Waals surface area contributed by atoms with Gasteiger partial charge in [0.05, 0.1) is 5.56 Å². The number of rotatable bonds is 6. The number of anilines is 1. The molecule has 0 saturated heterocycles. The van der Waals surface area contributed by atoms with Crippen LogP contribution in [0.15, 0.2) is 18.5 Å². The molecule has 0 aromatic carbocycles. The van der Waals surface area contributed by atoms with Crippen molar-refractivity contribution in [3.05, 3.63) is 24.0 Å². The number of allylic oxidation sites excluding steroid dienone is 1. The summed E-state index contributed by atoms with van der Waals surface area (Å²) in [7, 11) is 0. The van der Waals surface area contributed by atoms with E-state index in [1.807, 2.05) is 26.0 Å². The Morgan fingerprint density at radius 2 is 2.25 bits per heavy atom. The highest BCUT2D eigenvalue weighted by molar-refractivity contribution is 5.47. The first-order chi connectivity index (χ1) is 7.79. The van der Waals surface area contributed by atoms with Gasteiger partial charge in [0, 0.05) is 6.54 Å². The molecular weight excluding hydrogens is 202 g/mol. The molecule has 1 aromatic rings. The lowest BCUT2D eigenvalue weighted by Gasteiger charge is -2.10. The molecule has 0 saturated carbocycles. The summed E-state index contributed by atoms with van der Waals surface area (Å²) in [4.78, 5) is 8.30. The molecule has 4 nitrogen and oxygen atoms in total. The van der Waals surface area contributed by atoms with E-state index in [0.717, 1.165) is 24.3 Å². The van der Waals surface area contributed by atoms with Crippen molar-refractivity contribution in [3.8, 4) is 5.88 Å². The van der Waals surface area contributed by atoms with E-state index in [-0.39, 0.29) is 0 Å². The molecule has 0 aliphatic rings. The van der Waals surface area contributed by atoms with E-state index in [1.165, 1.54) is 6.33 Å². The monoisotopic (exact) mass is 221 g/mol. The second-order valence-electron chi connectivity index (χ2n) is 3.46. The van der Waals surface area contributed by atoms with Gasteiger partial charge in [-0.05, 0) is 20.3 Å². The Labute approximate surface area is 96.8 Å². The van der Waals surface area contributed by atoms with Crippen molar-refractivity contribution in [2.45, 2.75) is 27.2 Å². The fourth-order valence-electron chi connectivity index (χ4n) is 1.22. The van der Waals surface area contributed by atoms with Crippen LogP contribution in [0.1, 0.15) is 25.8 Å². The van der Waals surface area contributed by atoms with Crippen LogP contribution in [-0.2, 0) is 0 Å². The zero-order valence-corrected chi connectivity index (χ0v) is 10.2. The van der Waals surface area contributed by atoms with Crippen molar-refractivity contribution >= 4 is 5.82 Å². The molecule has 4 heteroatoms. The second kappa shape index (κ2) is 6.82. The van der Waals surface area contributed by atoms with E-state index < -0.39 is 0 Å². The Hall–Kier alpha value is -1.58. The van der Waals surface area contributed by atoms with Crippen LogP contribution in [0.4, 0.5) is 5.82 Å². The number of hydrogen-bond acceptors (Lipinski definition) is 4. The summed E-state index contributed by atoms with van der Waals surface area (Å²) in [6.45, 7) is 7.49. The maximum atomic E-state index is 5.52. The van der Waals surface area contributed by atoms with E-state index in [9.17, 15) is 0 Å². The van der Waals surface area contributed by atoms with E-state index in [1.54, 1.807) is 0 Å². The molecule has 0 amide bonds. The highest BCUT2D eigenvalue weighted by Crippen LogP contribution is 2.20. The van der Waals surface area contributed by atoms with Gasteiger partial charge in [-0.2, -0.15) is 0 Å². The summed E-state index contributed by atoms with van der Waals surface area (Å²) >= 11 is 0. The van der Waals surface area contributed by atoms with Crippen LogP contribution in [0.2, 0.25) is 0 Å². The topological polar surface area (TPSA) is 47.0 Å². The Morgan fingerprint density at radius 3 is 2.94 bits per heavy atom. The molecule has 1 N–H and O–H groups in total. The van der Waals surface area contributed by atoms with E-state index >= 15 is 0 Å². The van der Waals surface area contributed by atoms with E-state index in [2.05, 4.69) is 22.2 Å². The number of aromatic nitrogens is 2. The fraction of sp³-hybridized carbons (Fsp3) is 0.500. The average Bonchev–Trinajstić information content (AvgIpc) is 2.30. The summed E-state index contributed by atoms with van der Waals surface area (Å²) in [6, 6.07) is 0. The predicted molar refractivity (Wildman–Crippen MR) is 65.9 cm³/mol. The maximum absolute atomic E-state index is 5.52. The Balaban J connectivity index is 2.69. The SMILES string of the molecule is C/C=C/COc1ncnc(NCCC)c1C. The Bertz CT molecular complexity index is 350. The smallest absolute Gasteiger partial charge is 0.221 e. The Morgan fingerprint density at radius 1 is 1.44 bits per heavy atom. The third-order valence-corrected chi connectivity index (χ3v) is 2.13. The highest BCUT2D eigenvalue weighted by atomic mass is 16.5. The summed E-state index contributed by atoms with van der Waals surface area (Å²) in [5.41, 5.74) is 0.959. The minimum Gasteiger partial charge on any atom is -0.473 e. The fourth-order valence-corrected chi connectivity index (χ4v) is 1.22. The number of hydrogen-bond donors (Lipinski definition) is 1. The molecule has 88 valence electrons. The van der Waals surface area contributed by atoms with Crippen molar-refractivity contribution in [3.63, 3.8) is 0 Å². The van der Waals surface area contributed by atoms with Gasteiger partial charge in [-0.3, -0.25) is 0 Å². The molecule has 0 bridgehead atoms. The third-order valence-electron chi connectivity index (χ3n) is 2.13. The standard InChI is InChI=1S/C12H19N3O/c1-4-6-8-16-12-10(3)11(13-7-5-2)14-9-15-12/h4,6,9H,5,7-8H2,1-3H3,(H,13,14,15)/b6-4+. The van der Waals surface area contributed by atoms with Crippen molar-refractivity contribution in [1.82, 2.24) is 9.97 Å². The number of nitrogens with one attached hydrogen (secondary N) is 1. The van der Waals surface area contributed by atoms with Crippen LogP contribution in [-0.4, -0.2) is 23.1 Å². The van der Waals surface area contributed by atoms with Crippen LogP contribution in [0, 0.1) is 6.92 Å². The van der Waals surface area contributed by atoms with Crippen LogP contribution < -0.4 is 10.1 Å². The summed E-state index contributed by atoms with van der Waals surface area (Å²) < 4.78 is 5.52. The summed E-state index contributed by atoms with van der Waals surface area (Å²) in [5.74, 6) is 1.50. The van der Waals surface area contributed by atoms with Crippen LogP contribution >= 0.6 is 0 Å². The van der Waals surface area contributed by atoms with E-state index in [4.69, 9.17) is 4.74 Å². The predicted octanol–water partition coefficient (Wildman–Crippen LogP) is 2.56. The molecule has 0 aliphatic heterocycles. The maximum Gasteiger partial charge on any atom is 0.221 e. The molecule has 1 rings (SSSR count). The molecular formula is C12H19N3O. The first-order valence-electron chi connectivity index (χ1n) is 5.59. The first-order valence-corrected chi connectivity index (χ1v) is 5.59. The lowest BCUT2D eigenvalue weighted by atomic mass is 10.3. The van der Waals surface area contributed by atoms with Gasteiger partial charge in [0.15, 0.2) is 0 Å². The number of nitrogens with zero attached hydrogens (tertiary/aromatic N) is 2. The normalized spacial score (nSPS) is 10.7. The molecule has 0 radical (unpaired) electrons. The van der Waals surface area contributed by atoms with Crippen LogP contribution in [0.25, 0.3) is 0 Å².